The van der Waals surface area contributed by atoms with Crippen molar-refractivity contribution in [2.24, 2.45) is 4.99 Å². The molecular weight excluding hydrogens is 311 g/mol. The number of thiazole rings is 1. The van der Waals surface area contributed by atoms with Gasteiger partial charge < -0.3 is 9.88 Å². The van der Waals surface area contributed by atoms with Crippen LogP contribution in [0.15, 0.2) is 35.5 Å². The van der Waals surface area contributed by atoms with E-state index in [-0.39, 0.29) is 16.3 Å². The van der Waals surface area contributed by atoms with Crippen molar-refractivity contribution in [2.75, 3.05) is 6.54 Å². The average Bonchev–Trinajstić information content (AvgIpc) is 2.82. The number of carbonyl (C=O) groups is 1. The Bertz CT molecular complexity index is 769. The summed E-state index contributed by atoms with van der Waals surface area (Å²) < 4.78 is 14.7. The first-order valence-electron chi connectivity index (χ1n) is 6.41. The number of benzene rings is 1. The summed E-state index contributed by atoms with van der Waals surface area (Å²) in [5.41, 5.74) is 0.616. The molecule has 0 saturated carbocycles. The molecule has 22 heavy (non-hydrogen) atoms. The van der Waals surface area contributed by atoms with E-state index in [1.165, 1.54) is 22.9 Å². The minimum absolute atomic E-state index is 0.139. The molecule has 1 heterocycles. The number of hydrogen-bond donors (Lipinski definition) is 1. The Morgan fingerprint density at radius 1 is 1.55 bits per heavy atom. The zero-order chi connectivity index (χ0) is 16.1. The molecule has 2 amide bonds. The molecule has 0 aliphatic carbocycles. The molecular formula is C13H13FN4O3S. The quantitative estimate of drug-likeness (QED) is 0.691. The molecule has 116 valence electrons. The van der Waals surface area contributed by atoms with Crippen LogP contribution >= 0.6 is 11.3 Å². The van der Waals surface area contributed by atoms with Gasteiger partial charge in [-0.1, -0.05) is 12.1 Å². The number of hydrogen-bond acceptors (Lipinski definition) is 4. The molecule has 1 aromatic carbocycles. The molecule has 2 aromatic rings. The molecule has 2 rings (SSSR count). The zero-order valence-electron chi connectivity index (χ0n) is 11.7. The number of urea groups is 1. The second kappa shape index (κ2) is 6.94. The standard InChI is InChI=1S/C13H13FN4O3S/c1-2-15-12(19)16-13-17(8-11(22-13)18(20)21)7-9-4-3-5-10(14)6-9/h3-6,8H,2,7H2,1H3,(H,15,19)/b16-13-. The normalized spacial score (nSPS) is 11.5. The lowest BCUT2D eigenvalue weighted by atomic mass is 10.2. The van der Waals surface area contributed by atoms with Gasteiger partial charge in [-0.2, -0.15) is 4.99 Å². The van der Waals surface area contributed by atoms with Crippen LogP contribution in [0.4, 0.5) is 14.2 Å². The van der Waals surface area contributed by atoms with Crippen LogP contribution in [0.3, 0.4) is 0 Å². The number of nitrogens with one attached hydrogen (secondary N) is 1. The Kier molecular flexibility index (Phi) is 4.99. The highest BCUT2D eigenvalue weighted by molar-refractivity contribution is 7.12. The predicted octanol–water partition coefficient (Wildman–Crippen LogP) is 2.28. The number of amides is 2. The highest BCUT2D eigenvalue weighted by Gasteiger charge is 2.13. The van der Waals surface area contributed by atoms with E-state index in [9.17, 15) is 19.3 Å². The van der Waals surface area contributed by atoms with E-state index in [0.717, 1.165) is 11.3 Å². The summed E-state index contributed by atoms with van der Waals surface area (Å²) in [6.45, 7) is 2.32. The van der Waals surface area contributed by atoms with Gasteiger partial charge in [-0.3, -0.25) is 10.1 Å². The summed E-state index contributed by atoms with van der Waals surface area (Å²) in [6, 6.07) is 5.30. The fourth-order valence-corrected chi connectivity index (χ4v) is 2.57. The van der Waals surface area contributed by atoms with Crippen molar-refractivity contribution in [3.63, 3.8) is 0 Å². The molecule has 0 bridgehead atoms. The van der Waals surface area contributed by atoms with Crippen molar-refractivity contribution in [3.8, 4) is 0 Å². The van der Waals surface area contributed by atoms with Crippen LogP contribution in [-0.2, 0) is 6.54 Å². The van der Waals surface area contributed by atoms with Gasteiger partial charge in [0.2, 0.25) is 4.80 Å². The second-order valence-corrected chi connectivity index (χ2v) is 5.30. The molecule has 0 unspecified atom stereocenters. The molecule has 0 fully saturated rings. The fraction of sp³-hybridized carbons (Fsp3) is 0.231. The van der Waals surface area contributed by atoms with Crippen LogP contribution in [0.5, 0.6) is 0 Å². The zero-order valence-corrected chi connectivity index (χ0v) is 12.5. The van der Waals surface area contributed by atoms with Gasteiger partial charge in [0.25, 0.3) is 0 Å². The number of halogens is 1. The second-order valence-electron chi connectivity index (χ2n) is 4.31. The molecule has 0 aliphatic rings. The van der Waals surface area contributed by atoms with Crippen LogP contribution in [0.2, 0.25) is 0 Å². The van der Waals surface area contributed by atoms with E-state index in [0.29, 0.717) is 12.1 Å². The Morgan fingerprint density at radius 3 is 2.95 bits per heavy atom. The third-order valence-electron chi connectivity index (χ3n) is 2.65. The minimum atomic E-state index is -0.577. The van der Waals surface area contributed by atoms with Gasteiger partial charge in [0.1, 0.15) is 5.82 Å². The summed E-state index contributed by atoms with van der Waals surface area (Å²) in [5.74, 6) is -0.398. The first-order chi connectivity index (χ1) is 10.5. The smallest absolute Gasteiger partial charge is 0.336 e. The molecule has 7 nitrogen and oxygen atoms in total. The number of carbonyl (C=O) groups excluding carboxylic acids is 1. The number of nitrogens with zero attached hydrogens (tertiary/aromatic N) is 3. The summed E-state index contributed by atoms with van der Waals surface area (Å²) in [6.07, 6.45) is 1.29. The van der Waals surface area contributed by atoms with Crippen LogP contribution in [0, 0.1) is 15.9 Å². The highest BCUT2D eigenvalue weighted by Crippen LogP contribution is 2.15. The summed E-state index contributed by atoms with van der Waals surface area (Å²) >= 11 is 0.788. The molecule has 1 aromatic heterocycles. The number of nitro groups is 1. The van der Waals surface area contributed by atoms with Gasteiger partial charge >= 0.3 is 11.0 Å². The lowest BCUT2D eigenvalue weighted by Crippen LogP contribution is -2.24. The SMILES string of the molecule is CCNC(=O)/N=c1\sc([N+](=O)[O-])cn1Cc1cccc(F)c1. The van der Waals surface area contributed by atoms with Crippen molar-refractivity contribution in [3.05, 3.63) is 56.8 Å². The highest BCUT2D eigenvalue weighted by atomic mass is 32.1. The molecule has 0 atom stereocenters. The maximum atomic E-state index is 13.2. The van der Waals surface area contributed by atoms with Crippen LogP contribution in [0.1, 0.15) is 12.5 Å². The lowest BCUT2D eigenvalue weighted by Gasteiger charge is -2.03. The first kappa shape index (κ1) is 15.8. The fourth-order valence-electron chi connectivity index (χ4n) is 1.76. The molecule has 0 spiro atoms. The van der Waals surface area contributed by atoms with Crippen molar-refractivity contribution < 1.29 is 14.1 Å². The Labute approximate surface area is 128 Å². The van der Waals surface area contributed by atoms with E-state index in [2.05, 4.69) is 10.3 Å². The molecule has 1 N–H and O–H groups in total. The Hall–Kier alpha value is -2.55. The molecule has 9 heteroatoms. The molecule has 0 radical (unpaired) electrons. The van der Waals surface area contributed by atoms with Gasteiger partial charge in [-0.25, -0.2) is 9.18 Å². The van der Waals surface area contributed by atoms with Crippen molar-refractivity contribution in [1.29, 1.82) is 0 Å². The Morgan fingerprint density at radius 2 is 2.32 bits per heavy atom. The van der Waals surface area contributed by atoms with Crippen molar-refractivity contribution in [1.82, 2.24) is 9.88 Å². The van der Waals surface area contributed by atoms with Crippen molar-refractivity contribution in [2.45, 2.75) is 13.5 Å². The van der Waals surface area contributed by atoms with Gasteiger partial charge in [0.15, 0.2) is 0 Å². The average molecular weight is 324 g/mol. The van der Waals surface area contributed by atoms with E-state index in [1.807, 2.05) is 0 Å². The lowest BCUT2D eigenvalue weighted by molar-refractivity contribution is -0.380. The molecule has 0 aliphatic heterocycles. The van der Waals surface area contributed by atoms with Gasteiger partial charge in [0, 0.05) is 6.54 Å². The van der Waals surface area contributed by atoms with E-state index in [4.69, 9.17) is 0 Å². The van der Waals surface area contributed by atoms with Gasteiger partial charge in [-0.05, 0) is 36.0 Å². The first-order valence-corrected chi connectivity index (χ1v) is 7.23. The maximum absolute atomic E-state index is 13.2. The maximum Gasteiger partial charge on any atom is 0.343 e. The Balaban J connectivity index is 2.40. The summed E-state index contributed by atoms with van der Waals surface area (Å²) in [5, 5.41) is 13.2. The van der Waals surface area contributed by atoms with E-state index in [1.54, 1.807) is 19.1 Å². The minimum Gasteiger partial charge on any atom is -0.336 e. The van der Waals surface area contributed by atoms with Crippen molar-refractivity contribution >= 4 is 22.4 Å². The third-order valence-corrected chi connectivity index (χ3v) is 3.63. The van der Waals surface area contributed by atoms with Crippen LogP contribution in [-0.4, -0.2) is 22.1 Å². The van der Waals surface area contributed by atoms with E-state index < -0.39 is 16.8 Å². The summed E-state index contributed by atoms with van der Waals surface area (Å²) in [7, 11) is 0. The largest absolute Gasteiger partial charge is 0.343 e. The van der Waals surface area contributed by atoms with Gasteiger partial charge in [-0.15, -0.1) is 0 Å². The topological polar surface area (TPSA) is 89.5 Å². The van der Waals surface area contributed by atoms with Crippen LogP contribution in [0.25, 0.3) is 0 Å². The monoisotopic (exact) mass is 324 g/mol. The number of rotatable bonds is 4. The van der Waals surface area contributed by atoms with Crippen LogP contribution < -0.4 is 10.1 Å². The number of aromatic nitrogens is 1. The van der Waals surface area contributed by atoms with E-state index >= 15 is 0 Å². The third kappa shape index (κ3) is 3.98. The van der Waals surface area contributed by atoms with Gasteiger partial charge in [0.05, 0.1) is 17.7 Å². The predicted molar refractivity (Wildman–Crippen MR) is 79.1 cm³/mol. The molecule has 0 saturated heterocycles. The summed E-state index contributed by atoms with van der Waals surface area (Å²) in [4.78, 5) is 25.9.